The highest BCUT2D eigenvalue weighted by Gasteiger charge is 2.28. The zero-order valence-electron chi connectivity index (χ0n) is 15.4. The SMILES string of the molecule is CC(C)CC(=O)N1CCC[C@@H](c2nnc(C(=O)Nc3ccc(Cl)cc3)s2)C1. The van der Waals surface area contributed by atoms with Crippen molar-refractivity contribution in [2.24, 2.45) is 5.92 Å². The number of anilines is 1. The van der Waals surface area contributed by atoms with Crippen LogP contribution < -0.4 is 5.32 Å². The normalized spacial score (nSPS) is 17.2. The average molecular weight is 407 g/mol. The number of nitrogens with one attached hydrogen (secondary N) is 1. The Bertz CT molecular complexity index is 806. The first kappa shape index (κ1) is 19.8. The van der Waals surface area contributed by atoms with Gasteiger partial charge in [-0.3, -0.25) is 9.59 Å². The van der Waals surface area contributed by atoms with E-state index in [1.165, 1.54) is 11.3 Å². The smallest absolute Gasteiger partial charge is 0.286 e. The van der Waals surface area contributed by atoms with E-state index in [0.717, 1.165) is 24.4 Å². The van der Waals surface area contributed by atoms with E-state index in [2.05, 4.69) is 29.4 Å². The summed E-state index contributed by atoms with van der Waals surface area (Å²) in [5.41, 5.74) is 0.657. The van der Waals surface area contributed by atoms with Crippen LogP contribution in [-0.2, 0) is 4.79 Å². The molecule has 144 valence electrons. The molecule has 1 aliphatic rings. The molecule has 0 bridgehead atoms. The number of hydrogen-bond donors (Lipinski definition) is 1. The van der Waals surface area contributed by atoms with Gasteiger partial charge < -0.3 is 10.2 Å². The van der Waals surface area contributed by atoms with Crippen LogP contribution >= 0.6 is 22.9 Å². The number of hydrogen-bond acceptors (Lipinski definition) is 5. The molecule has 0 unspecified atom stereocenters. The van der Waals surface area contributed by atoms with E-state index in [0.29, 0.717) is 34.6 Å². The number of carbonyl (C=O) groups is 2. The minimum atomic E-state index is -0.287. The average Bonchev–Trinajstić information content (AvgIpc) is 3.13. The number of aromatic nitrogens is 2. The highest BCUT2D eigenvalue weighted by atomic mass is 35.5. The molecule has 27 heavy (non-hydrogen) atoms. The van der Waals surface area contributed by atoms with Gasteiger partial charge in [-0.2, -0.15) is 0 Å². The zero-order chi connectivity index (χ0) is 19.4. The number of halogens is 1. The van der Waals surface area contributed by atoms with Gasteiger partial charge in [0.25, 0.3) is 5.91 Å². The Morgan fingerprint density at radius 2 is 2.04 bits per heavy atom. The van der Waals surface area contributed by atoms with Gasteiger partial charge in [-0.1, -0.05) is 36.8 Å². The minimum Gasteiger partial charge on any atom is -0.342 e. The molecule has 8 heteroatoms. The Morgan fingerprint density at radius 3 is 2.74 bits per heavy atom. The van der Waals surface area contributed by atoms with Crippen LogP contribution in [0.2, 0.25) is 5.02 Å². The van der Waals surface area contributed by atoms with Crippen molar-refractivity contribution in [1.82, 2.24) is 15.1 Å². The first-order valence-corrected chi connectivity index (χ1v) is 10.3. The second-order valence-electron chi connectivity index (χ2n) is 7.18. The first-order valence-electron chi connectivity index (χ1n) is 9.10. The van der Waals surface area contributed by atoms with Crippen LogP contribution in [0.5, 0.6) is 0 Å². The largest absolute Gasteiger partial charge is 0.342 e. The number of amides is 2. The van der Waals surface area contributed by atoms with Gasteiger partial charge in [-0.25, -0.2) is 0 Å². The molecule has 2 amide bonds. The summed E-state index contributed by atoms with van der Waals surface area (Å²) in [5, 5.41) is 12.8. The zero-order valence-corrected chi connectivity index (χ0v) is 17.0. The van der Waals surface area contributed by atoms with Gasteiger partial charge in [-0.05, 0) is 43.0 Å². The van der Waals surface area contributed by atoms with E-state index < -0.39 is 0 Å². The third-order valence-corrected chi connectivity index (χ3v) is 5.78. The molecule has 2 heterocycles. The Labute approximate surface area is 167 Å². The summed E-state index contributed by atoms with van der Waals surface area (Å²) in [4.78, 5) is 26.7. The van der Waals surface area contributed by atoms with Gasteiger partial charge in [0.2, 0.25) is 10.9 Å². The van der Waals surface area contributed by atoms with Crippen molar-refractivity contribution in [3.05, 3.63) is 39.3 Å². The van der Waals surface area contributed by atoms with Gasteiger partial charge in [0.05, 0.1) is 0 Å². The van der Waals surface area contributed by atoms with Crippen LogP contribution in [0.1, 0.15) is 53.8 Å². The molecule has 1 saturated heterocycles. The van der Waals surface area contributed by atoms with Crippen LogP contribution in [0.3, 0.4) is 0 Å². The van der Waals surface area contributed by atoms with E-state index in [-0.39, 0.29) is 17.7 Å². The van der Waals surface area contributed by atoms with Gasteiger partial charge in [0.15, 0.2) is 0 Å². The van der Waals surface area contributed by atoms with Crippen molar-refractivity contribution < 1.29 is 9.59 Å². The molecular formula is C19H23ClN4O2S. The fraction of sp³-hybridized carbons (Fsp3) is 0.474. The third kappa shape index (κ3) is 5.26. The van der Waals surface area contributed by atoms with Crippen molar-refractivity contribution in [3.63, 3.8) is 0 Å². The highest BCUT2D eigenvalue weighted by Crippen LogP contribution is 2.30. The molecule has 2 aromatic rings. The fourth-order valence-corrected chi connectivity index (χ4v) is 4.08. The predicted molar refractivity (Wildman–Crippen MR) is 107 cm³/mol. The Morgan fingerprint density at radius 1 is 1.30 bits per heavy atom. The summed E-state index contributed by atoms with van der Waals surface area (Å²) in [6.45, 7) is 5.55. The van der Waals surface area contributed by atoms with E-state index in [1.54, 1.807) is 24.3 Å². The summed E-state index contributed by atoms with van der Waals surface area (Å²) in [6.07, 6.45) is 2.47. The summed E-state index contributed by atoms with van der Waals surface area (Å²) >= 11 is 7.15. The lowest BCUT2D eigenvalue weighted by atomic mass is 9.98. The lowest BCUT2D eigenvalue weighted by molar-refractivity contribution is -0.133. The monoisotopic (exact) mass is 406 g/mol. The lowest BCUT2D eigenvalue weighted by Gasteiger charge is -2.32. The van der Waals surface area contributed by atoms with Crippen LogP contribution in [0, 0.1) is 5.92 Å². The Hall–Kier alpha value is -1.99. The molecule has 1 atom stereocenters. The maximum atomic E-state index is 12.4. The number of rotatable bonds is 5. The lowest BCUT2D eigenvalue weighted by Crippen LogP contribution is -2.39. The van der Waals surface area contributed by atoms with E-state index >= 15 is 0 Å². The summed E-state index contributed by atoms with van der Waals surface area (Å²) in [7, 11) is 0. The second-order valence-corrected chi connectivity index (χ2v) is 8.63. The van der Waals surface area contributed by atoms with Crippen LogP contribution in [0.4, 0.5) is 5.69 Å². The fourth-order valence-electron chi connectivity index (χ4n) is 3.09. The first-order chi connectivity index (χ1) is 12.9. The second kappa shape index (κ2) is 8.80. The minimum absolute atomic E-state index is 0.143. The topological polar surface area (TPSA) is 75.2 Å². The van der Waals surface area contributed by atoms with Crippen molar-refractivity contribution in [3.8, 4) is 0 Å². The van der Waals surface area contributed by atoms with Crippen LogP contribution in [0.15, 0.2) is 24.3 Å². The van der Waals surface area contributed by atoms with Crippen LogP contribution in [0.25, 0.3) is 0 Å². The predicted octanol–water partition coefficient (Wildman–Crippen LogP) is 4.20. The molecular weight excluding hydrogens is 384 g/mol. The molecule has 0 radical (unpaired) electrons. The number of carbonyl (C=O) groups excluding carboxylic acids is 2. The number of piperidine rings is 1. The van der Waals surface area contributed by atoms with Gasteiger partial charge >= 0.3 is 0 Å². The molecule has 6 nitrogen and oxygen atoms in total. The third-order valence-electron chi connectivity index (χ3n) is 4.44. The molecule has 1 aliphatic heterocycles. The summed E-state index contributed by atoms with van der Waals surface area (Å²) in [6, 6.07) is 6.91. The Kier molecular flexibility index (Phi) is 6.44. The van der Waals surface area contributed by atoms with Crippen molar-refractivity contribution in [2.45, 2.75) is 39.0 Å². The number of likely N-dealkylation sites (tertiary alicyclic amines) is 1. The molecule has 0 aliphatic carbocycles. The Balaban J connectivity index is 1.63. The number of benzene rings is 1. The summed E-state index contributed by atoms with van der Waals surface area (Å²) < 4.78 is 0. The highest BCUT2D eigenvalue weighted by molar-refractivity contribution is 7.13. The maximum absolute atomic E-state index is 12.4. The molecule has 1 aromatic heterocycles. The van der Waals surface area contributed by atoms with E-state index in [4.69, 9.17) is 11.6 Å². The molecule has 3 rings (SSSR count). The van der Waals surface area contributed by atoms with Crippen molar-refractivity contribution in [2.75, 3.05) is 18.4 Å². The summed E-state index contributed by atoms with van der Waals surface area (Å²) in [5.74, 6) is 0.400. The van der Waals surface area contributed by atoms with Crippen LogP contribution in [-0.4, -0.2) is 40.0 Å². The quantitative estimate of drug-likeness (QED) is 0.807. The van der Waals surface area contributed by atoms with Gasteiger partial charge in [-0.15, -0.1) is 10.2 Å². The van der Waals surface area contributed by atoms with Gasteiger partial charge in [0, 0.05) is 36.1 Å². The molecule has 1 fully saturated rings. The molecule has 0 saturated carbocycles. The number of nitrogens with zero attached hydrogens (tertiary/aromatic N) is 3. The van der Waals surface area contributed by atoms with E-state index in [9.17, 15) is 9.59 Å². The maximum Gasteiger partial charge on any atom is 0.286 e. The van der Waals surface area contributed by atoms with E-state index in [1.807, 2.05) is 4.90 Å². The molecule has 1 N–H and O–H groups in total. The molecule has 0 spiro atoms. The molecule has 1 aromatic carbocycles. The van der Waals surface area contributed by atoms with Crippen molar-refractivity contribution in [1.29, 1.82) is 0 Å². The standard InChI is InChI=1S/C19H23ClN4O2S/c1-12(2)10-16(25)24-9-3-4-13(11-24)18-22-23-19(27-18)17(26)21-15-7-5-14(20)6-8-15/h5-8,12-13H,3-4,9-11H2,1-2H3,(H,21,26)/t13-/m1/s1. The van der Waals surface area contributed by atoms with Gasteiger partial charge in [0.1, 0.15) is 5.01 Å². The van der Waals surface area contributed by atoms with Crippen molar-refractivity contribution >= 4 is 40.4 Å².